The van der Waals surface area contributed by atoms with Crippen molar-refractivity contribution in [1.29, 1.82) is 0 Å². The summed E-state index contributed by atoms with van der Waals surface area (Å²) in [6.07, 6.45) is 55.3. The average Bonchev–Trinajstić information content (AvgIpc) is 3.31. The van der Waals surface area contributed by atoms with E-state index in [1.807, 2.05) is 6.08 Å². The Balaban J connectivity index is 2.24. The summed E-state index contributed by atoms with van der Waals surface area (Å²) in [4.78, 5) is 13.0. The SMILES string of the molecule is CC/C=C\C/C=C\C/C=C\C/C=C\CCCCCCCCCCCCCCCCC(=O)NC(COC1OC(CO)C(O)C(O)C1O)C(O)/C=C/CC/C=C/CCCCCCCCCCC. The molecule has 9 heteroatoms. The number of hydrogen-bond acceptors (Lipinski definition) is 8. The molecule has 6 N–H and O–H groups in total. The minimum Gasteiger partial charge on any atom is -0.394 e. The minimum atomic E-state index is -1.57. The zero-order valence-electron chi connectivity index (χ0n) is 41.5. The first kappa shape index (κ1) is 60.6. The van der Waals surface area contributed by atoms with Gasteiger partial charge < -0.3 is 40.3 Å². The van der Waals surface area contributed by atoms with Crippen molar-refractivity contribution in [3.63, 3.8) is 0 Å². The van der Waals surface area contributed by atoms with Crippen LogP contribution in [0, 0.1) is 0 Å². The van der Waals surface area contributed by atoms with Gasteiger partial charge in [0.25, 0.3) is 0 Å². The highest BCUT2D eigenvalue weighted by Gasteiger charge is 2.44. The van der Waals surface area contributed by atoms with Crippen molar-refractivity contribution in [3.8, 4) is 0 Å². The number of aliphatic hydroxyl groups excluding tert-OH is 5. The second kappa shape index (κ2) is 45.4. The Labute approximate surface area is 398 Å². The summed E-state index contributed by atoms with van der Waals surface area (Å²) in [6.45, 7) is 3.64. The minimum absolute atomic E-state index is 0.190. The molecule has 0 aliphatic carbocycles. The molecule has 1 aliphatic rings. The third-order valence-corrected chi connectivity index (χ3v) is 12.3. The Kier molecular flexibility index (Phi) is 42.4. The lowest BCUT2D eigenvalue weighted by atomic mass is 9.99. The number of ether oxygens (including phenoxy) is 2. The lowest BCUT2D eigenvalue weighted by molar-refractivity contribution is -0.302. The van der Waals surface area contributed by atoms with Gasteiger partial charge in [0.05, 0.1) is 25.4 Å². The molecule has 7 atom stereocenters. The number of rotatable bonds is 44. The van der Waals surface area contributed by atoms with E-state index in [0.717, 1.165) is 64.2 Å². The van der Waals surface area contributed by atoms with E-state index in [9.17, 15) is 30.3 Å². The molecule has 1 fully saturated rings. The van der Waals surface area contributed by atoms with Crippen molar-refractivity contribution in [2.75, 3.05) is 13.2 Å². The molecule has 376 valence electrons. The number of nitrogens with one attached hydrogen (secondary N) is 1. The molecule has 0 spiro atoms. The molecular formula is C56H99NO8. The molecule has 0 saturated carbocycles. The number of allylic oxidation sites excluding steroid dienone is 11. The molecule has 0 radical (unpaired) electrons. The van der Waals surface area contributed by atoms with Crippen LogP contribution in [0.25, 0.3) is 0 Å². The van der Waals surface area contributed by atoms with Crippen molar-refractivity contribution in [2.45, 2.75) is 262 Å². The zero-order valence-corrected chi connectivity index (χ0v) is 41.5. The zero-order chi connectivity index (χ0) is 47.3. The van der Waals surface area contributed by atoms with Gasteiger partial charge in [-0.15, -0.1) is 0 Å². The van der Waals surface area contributed by atoms with Crippen molar-refractivity contribution >= 4 is 5.91 Å². The standard InChI is InChI=1S/C56H99NO8/c1-3-5-7-9-11-13-15-17-19-20-21-22-23-24-25-26-27-28-29-30-32-34-36-38-40-42-44-46-52(60)57-49(48-64-56-55(63)54(62)53(61)51(47-58)65-56)50(59)45-43-41-39-37-35-33-31-18-16-14-12-10-8-6-4-2/h5,7,11,13,17,19,21-22,35,37,43,45,49-51,53-56,58-59,61-63H,3-4,6,8-10,12,14-16,18,20,23-34,36,38-42,44,46-48H2,1-2H3,(H,57,60)/b7-5-,13-11-,19-17-,22-21-,37-35+,45-43+. The molecule has 1 amide bonds. The molecule has 65 heavy (non-hydrogen) atoms. The quantitative estimate of drug-likeness (QED) is 0.0261. The number of unbranched alkanes of at least 4 members (excludes halogenated alkanes) is 24. The van der Waals surface area contributed by atoms with Gasteiger partial charge >= 0.3 is 0 Å². The molecule has 0 aromatic rings. The predicted molar refractivity (Wildman–Crippen MR) is 272 cm³/mol. The molecule has 0 aromatic heterocycles. The van der Waals surface area contributed by atoms with Gasteiger partial charge in [-0.25, -0.2) is 0 Å². The van der Waals surface area contributed by atoms with E-state index in [1.165, 1.54) is 135 Å². The van der Waals surface area contributed by atoms with Crippen LogP contribution in [-0.4, -0.2) is 87.5 Å². The van der Waals surface area contributed by atoms with Crippen LogP contribution in [0.15, 0.2) is 72.9 Å². The Morgan fingerprint density at radius 1 is 0.538 bits per heavy atom. The predicted octanol–water partition coefficient (Wildman–Crippen LogP) is 12.5. The Morgan fingerprint density at radius 3 is 1.48 bits per heavy atom. The van der Waals surface area contributed by atoms with Crippen LogP contribution in [0.1, 0.15) is 219 Å². The van der Waals surface area contributed by atoms with Gasteiger partial charge in [0, 0.05) is 6.42 Å². The van der Waals surface area contributed by atoms with Gasteiger partial charge in [0.15, 0.2) is 6.29 Å². The number of hydrogen-bond donors (Lipinski definition) is 6. The van der Waals surface area contributed by atoms with Crippen LogP contribution < -0.4 is 5.32 Å². The monoisotopic (exact) mass is 914 g/mol. The van der Waals surface area contributed by atoms with E-state index in [2.05, 4.69) is 79.9 Å². The lowest BCUT2D eigenvalue weighted by Gasteiger charge is -2.40. The largest absolute Gasteiger partial charge is 0.394 e. The van der Waals surface area contributed by atoms with Crippen LogP contribution in [0.5, 0.6) is 0 Å². The number of aliphatic hydroxyl groups is 5. The molecule has 9 nitrogen and oxygen atoms in total. The smallest absolute Gasteiger partial charge is 0.220 e. The van der Waals surface area contributed by atoms with E-state index in [4.69, 9.17) is 9.47 Å². The van der Waals surface area contributed by atoms with E-state index >= 15 is 0 Å². The summed E-state index contributed by atoms with van der Waals surface area (Å²) >= 11 is 0. The summed E-state index contributed by atoms with van der Waals surface area (Å²) in [6, 6.07) is -0.824. The molecule has 1 heterocycles. The van der Waals surface area contributed by atoms with Gasteiger partial charge in [-0.3, -0.25) is 4.79 Å². The van der Waals surface area contributed by atoms with E-state index in [1.54, 1.807) is 6.08 Å². The molecule has 7 unspecified atom stereocenters. The van der Waals surface area contributed by atoms with Gasteiger partial charge in [-0.05, 0) is 70.6 Å². The second-order valence-corrected chi connectivity index (χ2v) is 18.3. The fraction of sp³-hybridized carbons (Fsp3) is 0.768. The maximum atomic E-state index is 13.0. The Hall–Kier alpha value is -2.37. The Morgan fingerprint density at radius 2 is 0.969 bits per heavy atom. The van der Waals surface area contributed by atoms with Crippen molar-refractivity contribution in [2.24, 2.45) is 0 Å². The molecular weight excluding hydrogens is 815 g/mol. The summed E-state index contributed by atoms with van der Waals surface area (Å²) in [5.41, 5.74) is 0. The first-order valence-electron chi connectivity index (χ1n) is 26.7. The van der Waals surface area contributed by atoms with Crippen LogP contribution in [0.3, 0.4) is 0 Å². The summed E-state index contributed by atoms with van der Waals surface area (Å²) < 4.78 is 11.2. The normalized spacial score (nSPS) is 20.5. The van der Waals surface area contributed by atoms with Crippen LogP contribution in [-0.2, 0) is 14.3 Å². The average molecular weight is 914 g/mol. The van der Waals surface area contributed by atoms with Crippen molar-refractivity contribution in [1.82, 2.24) is 5.32 Å². The third-order valence-electron chi connectivity index (χ3n) is 12.3. The van der Waals surface area contributed by atoms with E-state index in [-0.39, 0.29) is 12.5 Å². The number of carbonyl (C=O) groups excluding carboxylic acids is 1. The fourth-order valence-corrected chi connectivity index (χ4v) is 8.05. The van der Waals surface area contributed by atoms with Gasteiger partial charge in [0.2, 0.25) is 5.91 Å². The fourth-order valence-electron chi connectivity index (χ4n) is 8.05. The van der Waals surface area contributed by atoms with E-state index < -0.39 is 49.5 Å². The summed E-state index contributed by atoms with van der Waals surface area (Å²) in [5.74, 6) is -0.190. The maximum absolute atomic E-state index is 13.0. The molecule has 0 aromatic carbocycles. The number of carbonyl (C=O) groups is 1. The molecule has 1 saturated heterocycles. The first-order chi connectivity index (χ1) is 31.8. The molecule has 1 aliphatic heterocycles. The first-order valence-corrected chi connectivity index (χ1v) is 26.7. The van der Waals surface area contributed by atoms with Crippen LogP contribution in [0.2, 0.25) is 0 Å². The van der Waals surface area contributed by atoms with Crippen molar-refractivity contribution < 1.29 is 39.8 Å². The van der Waals surface area contributed by atoms with Gasteiger partial charge in [-0.1, -0.05) is 215 Å². The summed E-state index contributed by atoms with van der Waals surface area (Å²) in [5, 5.41) is 54.3. The molecule has 1 rings (SSSR count). The van der Waals surface area contributed by atoms with Gasteiger partial charge in [-0.2, -0.15) is 0 Å². The van der Waals surface area contributed by atoms with E-state index in [0.29, 0.717) is 6.42 Å². The third kappa shape index (κ3) is 35.4. The highest BCUT2D eigenvalue weighted by atomic mass is 16.7. The van der Waals surface area contributed by atoms with Gasteiger partial charge in [0.1, 0.15) is 24.4 Å². The Bertz CT molecular complexity index is 1240. The topological polar surface area (TPSA) is 149 Å². The lowest BCUT2D eigenvalue weighted by Crippen LogP contribution is -2.60. The highest BCUT2D eigenvalue weighted by molar-refractivity contribution is 5.76. The maximum Gasteiger partial charge on any atom is 0.220 e. The van der Waals surface area contributed by atoms with Crippen LogP contribution in [0.4, 0.5) is 0 Å². The van der Waals surface area contributed by atoms with Crippen molar-refractivity contribution in [3.05, 3.63) is 72.9 Å². The highest BCUT2D eigenvalue weighted by Crippen LogP contribution is 2.23. The number of amides is 1. The van der Waals surface area contributed by atoms with Crippen LogP contribution >= 0.6 is 0 Å². The second-order valence-electron chi connectivity index (χ2n) is 18.3. The summed E-state index contributed by atoms with van der Waals surface area (Å²) in [7, 11) is 0. The molecule has 0 bridgehead atoms.